The van der Waals surface area contributed by atoms with E-state index in [4.69, 9.17) is 0 Å². The van der Waals surface area contributed by atoms with Crippen molar-refractivity contribution in [3.63, 3.8) is 0 Å². The van der Waals surface area contributed by atoms with Crippen LogP contribution in [0.25, 0.3) is 0 Å². The van der Waals surface area contributed by atoms with E-state index in [1.807, 2.05) is 0 Å². The summed E-state index contributed by atoms with van der Waals surface area (Å²) in [5, 5.41) is 3.86. The standard InChI is InChI=1S/C18H37N/c1-4-15-19-18(14-10-11-16(2)3)17-12-8-6-5-7-9-13-17/h16-19H,4-15H2,1-3H3. The van der Waals surface area contributed by atoms with E-state index in [0.717, 1.165) is 17.9 Å². The Balaban J connectivity index is 2.39. The molecule has 1 fully saturated rings. The van der Waals surface area contributed by atoms with Gasteiger partial charge in [0.25, 0.3) is 0 Å². The van der Waals surface area contributed by atoms with Crippen LogP contribution in [0.3, 0.4) is 0 Å². The number of rotatable bonds is 8. The minimum absolute atomic E-state index is 0.803. The molecule has 1 rings (SSSR count). The number of hydrogen-bond acceptors (Lipinski definition) is 1. The third kappa shape index (κ3) is 7.97. The van der Waals surface area contributed by atoms with Crippen molar-refractivity contribution in [1.82, 2.24) is 5.32 Å². The largest absolute Gasteiger partial charge is 0.314 e. The molecule has 1 saturated carbocycles. The maximum absolute atomic E-state index is 3.86. The van der Waals surface area contributed by atoms with E-state index in [0.29, 0.717) is 0 Å². The molecule has 1 nitrogen and oxygen atoms in total. The second-order valence-electron chi connectivity index (χ2n) is 6.99. The maximum atomic E-state index is 3.86. The highest BCUT2D eigenvalue weighted by Gasteiger charge is 2.21. The third-order valence-corrected chi connectivity index (χ3v) is 4.67. The molecule has 0 radical (unpaired) electrons. The molecule has 1 aliphatic rings. The first-order valence-electron chi connectivity index (χ1n) is 8.97. The molecule has 114 valence electrons. The van der Waals surface area contributed by atoms with Gasteiger partial charge in [0.1, 0.15) is 0 Å². The van der Waals surface area contributed by atoms with Crippen LogP contribution in [0.15, 0.2) is 0 Å². The van der Waals surface area contributed by atoms with Gasteiger partial charge in [-0.1, -0.05) is 65.7 Å². The average molecular weight is 268 g/mol. The van der Waals surface area contributed by atoms with E-state index >= 15 is 0 Å². The first kappa shape index (κ1) is 17.0. The molecule has 0 aliphatic heterocycles. The second-order valence-corrected chi connectivity index (χ2v) is 6.99. The zero-order chi connectivity index (χ0) is 13.9. The molecule has 1 unspecified atom stereocenters. The van der Waals surface area contributed by atoms with Crippen molar-refractivity contribution in [2.24, 2.45) is 11.8 Å². The van der Waals surface area contributed by atoms with Gasteiger partial charge < -0.3 is 5.32 Å². The summed E-state index contributed by atoms with van der Waals surface area (Å²) in [6.07, 6.45) is 15.8. The first-order chi connectivity index (χ1) is 9.24. The van der Waals surface area contributed by atoms with E-state index in [9.17, 15) is 0 Å². The molecule has 0 spiro atoms. The Hall–Kier alpha value is -0.0400. The van der Waals surface area contributed by atoms with Crippen LogP contribution in [-0.2, 0) is 0 Å². The van der Waals surface area contributed by atoms with E-state index in [2.05, 4.69) is 26.1 Å². The molecule has 0 heterocycles. The topological polar surface area (TPSA) is 12.0 Å². The zero-order valence-electron chi connectivity index (χ0n) is 13.7. The number of hydrogen-bond donors (Lipinski definition) is 1. The van der Waals surface area contributed by atoms with Gasteiger partial charge in [0.05, 0.1) is 0 Å². The number of nitrogens with one attached hydrogen (secondary N) is 1. The summed E-state index contributed by atoms with van der Waals surface area (Å²) in [5.74, 6) is 1.82. The Bertz CT molecular complexity index is 192. The lowest BCUT2D eigenvalue weighted by Gasteiger charge is -2.30. The lowest BCUT2D eigenvalue weighted by atomic mass is 9.83. The van der Waals surface area contributed by atoms with Gasteiger partial charge in [0.2, 0.25) is 0 Å². The molecular weight excluding hydrogens is 230 g/mol. The Morgan fingerprint density at radius 2 is 1.58 bits per heavy atom. The Morgan fingerprint density at radius 1 is 0.947 bits per heavy atom. The smallest absolute Gasteiger partial charge is 0.00953 e. The molecule has 0 aromatic heterocycles. The van der Waals surface area contributed by atoms with Crippen LogP contribution >= 0.6 is 0 Å². The first-order valence-corrected chi connectivity index (χ1v) is 8.97. The highest BCUT2D eigenvalue weighted by molar-refractivity contribution is 4.78. The fourth-order valence-corrected chi connectivity index (χ4v) is 3.47. The summed E-state index contributed by atoms with van der Waals surface area (Å²) in [5.41, 5.74) is 0. The Labute approximate surface area is 121 Å². The van der Waals surface area contributed by atoms with Crippen molar-refractivity contribution in [2.45, 2.75) is 97.4 Å². The molecule has 19 heavy (non-hydrogen) atoms. The quantitative estimate of drug-likeness (QED) is 0.608. The van der Waals surface area contributed by atoms with Crippen LogP contribution in [0.2, 0.25) is 0 Å². The average Bonchev–Trinajstić information content (AvgIpc) is 2.33. The maximum Gasteiger partial charge on any atom is 0.00953 e. The van der Waals surface area contributed by atoms with Crippen molar-refractivity contribution in [2.75, 3.05) is 6.54 Å². The molecule has 1 N–H and O–H groups in total. The van der Waals surface area contributed by atoms with E-state index in [1.54, 1.807) is 0 Å². The fraction of sp³-hybridized carbons (Fsp3) is 1.00. The predicted molar refractivity (Wildman–Crippen MR) is 86.6 cm³/mol. The van der Waals surface area contributed by atoms with Crippen LogP contribution in [0.4, 0.5) is 0 Å². The van der Waals surface area contributed by atoms with Gasteiger partial charge in [-0.15, -0.1) is 0 Å². The highest BCUT2D eigenvalue weighted by atomic mass is 14.9. The van der Waals surface area contributed by atoms with Crippen molar-refractivity contribution < 1.29 is 0 Å². The summed E-state index contributed by atoms with van der Waals surface area (Å²) in [4.78, 5) is 0. The van der Waals surface area contributed by atoms with Gasteiger partial charge in [0.15, 0.2) is 0 Å². The molecule has 1 atom stereocenters. The van der Waals surface area contributed by atoms with E-state index in [-0.39, 0.29) is 0 Å². The van der Waals surface area contributed by atoms with Crippen LogP contribution in [0.1, 0.15) is 91.4 Å². The van der Waals surface area contributed by atoms with Crippen LogP contribution in [0, 0.1) is 11.8 Å². The van der Waals surface area contributed by atoms with Crippen molar-refractivity contribution >= 4 is 0 Å². The molecule has 1 heteroatoms. The molecule has 0 bridgehead atoms. The minimum atomic E-state index is 0.803. The van der Waals surface area contributed by atoms with Gasteiger partial charge in [-0.05, 0) is 44.1 Å². The van der Waals surface area contributed by atoms with Crippen molar-refractivity contribution in [3.05, 3.63) is 0 Å². The Kier molecular flexibility index (Phi) is 9.59. The SMILES string of the molecule is CCCNC(CCCC(C)C)C1CCCCCCC1. The summed E-state index contributed by atoms with van der Waals surface area (Å²) < 4.78 is 0. The third-order valence-electron chi connectivity index (χ3n) is 4.67. The fourth-order valence-electron chi connectivity index (χ4n) is 3.47. The summed E-state index contributed by atoms with van der Waals surface area (Å²) >= 11 is 0. The molecule has 0 aromatic rings. The summed E-state index contributed by atoms with van der Waals surface area (Å²) in [7, 11) is 0. The van der Waals surface area contributed by atoms with E-state index < -0.39 is 0 Å². The van der Waals surface area contributed by atoms with Crippen molar-refractivity contribution in [3.8, 4) is 0 Å². The van der Waals surface area contributed by atoms with Crippen LogP contribution in [-0.4, -0.2) is 12.6 Å². The lowest BCUT2D eigenvalue weighted by molar-refractivity contribution is 0.266. The van der Waals surface area contributed by atoms with Gasteiger partial charge in [0, 0.05) is 6.04 Å². The molecular formula is C18H37N. The molecule has 0 aromatic carbocycles. The van der Waals surface area contributed by atoms with Gasteiger partial charge in [-0.25, -0.2) is 0 Å². The summed E-state index contributed by atoms with van der Waals surface area (Å²) in [6, 6.07) is 0.803. The normalized spacial score (nSPS) is 20.2. The monoisotopic (exact) mass is 267 g/mol. The second kappa shape index (κ2) is 10.7. The van der Waals surface area contributed by atoms with Gasteiger partial charge in [-0.2, -0.15) is 0 Å². The molecule has 0 saturated heterocycles. The molecule has 1 aliphatic carbocycles. The van der Waals surface area contributed by atoms with Crippen LogP contribution in [0.5, 0.6) is 0 Å². The minimum Gasteiger partial charge on any atom is -0.314 e. The van der Waals surface area contributed by atoms with Gasteiger partial charge in [-0.3, -0.25) is 0 Å². The zero-order valence-corrected chi connectivity index (χ0v) is 13.7. The van der Waals surface area contributed by atoms with Crippen molar-refractivity contribution in [1.29, 1.82) is 0 Å². The predicted octanol–water partition coefficient (Wildman–Crippen LogP) is 5.54. The van der Waals surface area contributed by atoms with E-state index in [1.165, 1.54) is 77.2 Å². The molecule has 0 amide bonds. The van der Waals surface area contributed by atoms with Gasteiger partial charge >= 0.3 is 0 Å². The lowest BCUT2D eigenvalue weighted by Crippen LogP contribution is -2.37. The highest BCUT2D eigenvalue weighted by Crippen LogP contribution is 2.27. The summed E-state index contributed by atoms with van der Waals surface area (Å²) in [6.45, 7) is 8.20. The van der Waals surface area contributed by atoms with Crippen LogP contribution < -0.4 is 5.32 Å². The Morgan fingerprint density at radius 3 is 2.16 bits per heavy atom.